The number of nitrogens with zero attached hydrogens (tertiary/aromatic N) is 2. The fourth-order valence-corrected chi connectivity index (χ4v) is 4.00. The van der Waals surface area contributed by atoms with Crippen molar-refractivity contribution in [3.8, 4) is 10.6 Å². The summed E-state index contributed by atoms with van der Waals surface area (Å²) in [6, 6.07) is 10.5. The molecule has 4 rings (SSSR count). The molecular formula is C18H17ClFN3OS. The lowest BCUT2D eigenvalue weighted by Gasteiger charge is -2.34. The second-order valence-corrected chi connectivity index (χ2v) is 7.69. The Bertz CT molecular complexity index is 848. The van der Waals surface area contributed by atoms with Gasteiger partial charge in [0.25, 0.3) is 0 Å². The van der Waals surface area contributed by atoms with Crippen molar-refractivity contribution in [3.05, 3.63) is 64.1 Å². The largest absolute Gasteiger partial charge is 0.378 e. The Morgan fingerprint density at radius 2 is 2.12 bits per heavy atom. The maximum Gasteiger partial charge on any atom is 0.126 e. The monoisotopic (exact) mass is 377 g/mol. The van der Waals surface area contributed by atoms with E-state index in [0.717, 1.165) is 39.4 Å². The van der Waals surface area contributed by atoms with Crippen LogP contribution in [0, 0.1) is 5.82 Å². The van der Waals surface area contributed by atoms with E-state index in [2.05, 4.69) is 14.9 Å². The summed E-state index contributed by atoms with van der Waals surface area (Å²) in [7, 11) is 0. The van der Waals surface area contributed by atoms with Gasteiger partial charge in [-0.25, -0.2) is 9.37 Å². The maximum absolute atomic E-state index is 13.1. The molecule has 2 aromatic heterocycles. The van der Waals surface area contributed by atoms with Crippen molar-refractivity contribution in [2.45, 2.75) is 12.6 Å². The Labute approximate surface area is 154 Å². The second-order valence-electron chi connectivity index (χ2n) is 5.97. The van der Waals surface area contributed by atoms with Gasteiger partial charge in [0.2, 0.25) is 0 Å². The number of morpholine rings is 1. The van der Waals surface area contributed by atoms with E-state index in [0.29, 0.717) is 13.2 Å². The number of imidazole rings is 1. The summed E-state index contributed by atoms with van der Waals surface area (Å²) in [6.45, 7) is 2.81. The lowest BCUT2D eigenvalue weighted by molar-refractivity contribution is -0.0156. The summed E-state index contributed by atoms with van der Waals surface area (Å²) in [5.41, 5.74) is 2.03. The first-order chi connectivity index (χ1) is 12.2. The molecular weight excluding hydrogens is 361 g/mol. The molecule has 0 bridgehead atoms. The smallest absolute Gasteiger partial charge is 0.126 e. The molecule has 0 saturated carbocycles. The van der Waals surface area contributed by atoms with Gasteiger partial charge in [-0.2, -0.15) is 0 Å². The van der Waals surface area contributed by atoms with Crippen LogP contribution in [0.5, 0.6) is 0 Å². The number of halogens is 2. The number of rotatable bonds is 4. The predicted octanol–water partition coefficient (Wildman–Crippen LogP) is 4.50. The van der Waals surface area contributed by atoms with Gasteiger partial charge in [0, 0.05) is 13.1 Å². The Morgan fingerprint density at radius 3 is 2.88 bits per heavy atom. The van der Waals surface area contributed by atoms with Gasteiger partial charge in [0.05, 0.1) is 40.4 Å². The van der Waals surface area contributed by atoms with E-state index in [1.807, 2.05) is 30.5 Å². The molecule has 3 heterocycles. The molecule has 1 saturated heterocycles. The van der Waals surface area contributed by atoms with Crippen LogP contribution < -0.4 is 0 Å². The average molecular weight is 378 g/mol. The quantitative estimate of drug-likeness (QED) is 0.727. The Balaban J connectivity index is 1.54. The Hall–Kier alpha value is -1.73. The fraction of sp³-hybridized carbons (Fsp3) is 0.278. The van der Waals surface area contributed by atoms with Crippen molar-refractivity contribution in [3.63, 3.8) is 0 Å². The highest BCUT2D eigenvalue weighted by molar-refractivity contribution is 7.19. The third-order valence-electron chi connectivity index (χ3n) is 4.29. The van der Waals surface area contributed by atoms with Gasteiger partial charge in [-0.15, -0.1) is 11.3 Å². The van der Waals surface area contributed by atoms with Gasteiger partial charge in [0.1, 0.15) is 11.6 Å². The molecule has 1 atom stereocenters. The molecule has 0 radical (unpaired) electrons. The summed E-state index contributed by atoms with van der Waals surface area (Å²) < 4.78 is 19.5. The summed E-state index contributed by atoms with van der Waals surface area (Å²) in [4.78, 5) is 11.3. The van der Waals surface area contributed by atoms with Gasteiger partial charge in [-0.1, -0.05) is 23.7 Å². The fourth-order valence-electron chi connectivity index (χ4n) is 2.99. The first kappa shape index (κ1) is 16.7. The first-order valence-electron chi connectivity index (χ1n) is 8.06. The first-order valence-corrected chi connectivity index (χ1v) is 9.25. The molecule has 0 amide bonds. The molecule has 1 aliphatic rings. The van der Waals surface area contributed by atoms with Crippen LogP contribution in [0.3, 0.4) is 0 Å². The number of hydrogen-bond acceptors (Lipinski definition) is 4. The normalized spacial score (nSPS) is 18.6. The number of H-pyrrole nitrogens is 1. The zero-order valence-corrected chi connectivity index (χ0v) is 15.0. The lowest BCUT2D eigenvalue weighted by Crippen LogP contribution is -2.39. The number of thiophene rings is 1. The maximum atomic E-state index is 13.1. The van der Waals surface area contributed by atoms with E-state index < -0.39 is 0 Å². The molecule has 0 spiro atoms. The topological polar surface area (TPSA) is 41.1 Å². The molecule has 1 aliphatic heterocycles. The van der Waals surface area contributed by atoms with Crippen molar-refractivity contribution in [2.75, 3.05) is 19.8 Å². The molecule has 1 N–H and O–H groups in total. The number of hydrogen-bond donors (Lipinski definition) is 1. The molecule has 1 fully saturated rings. The minimum absolute atomic E-state index is 0.0444. The number of aromatic nitrogens is 2. The summed E-state index contributed by atoms with van der Waals surface area (Å²) >= 11 is 7.54. The van der Waals surface area contributed by atoms with Gasteiger partial charge in [-0.05, 0) is 29.8 Å². The highest BCUT2D eigenvalue weighted by Gasteiger charge is 2.27. The SMILES string of the molecule is Fc1ccc(CN2CCOC[C@H]2c2ncc(-c3ccc(Cl)s3)[nH]2)cc1. The van der Waals surface area contributed by atoms with Crippen LogP contribution in [-0.4, -0.2) is 34.6 Å². The van der Waals surface area contributed by atoms with E-state index in [1.165, 1.54) is 23.5 Å². The zero-order chi connectivity index (χ0) is 17.2. The second kappa shape index (κ2) is 7.25. The van der Waals surface area contributed by atoms with Crippen LogP contribution in [0.1, 0.15) is 17.4 Å². The number of nitrogens with one attached hydrogen (secondary N) is 1. The van der Waals surface area contributed by atoms with Crippen LogP contribution in [-0.2, 0) is 11.3 Å². The molecule has 0 aliphatic carbocycles. The van der Waals surface area contributed by atoms with Crippen LogP contribution in [0.2, 0.25) is 4.34 Å². The van der Waals surface area contributed by atoms with E-state index in [1.54, 1.807) is 0 Å². The van der Waals surface area contributed by atoms with E-state index in [-0.39, 0.29) is 11.9 Å². The zero-order valence-electron chi connectivity index (χ0n) is 13.4. The highest BCUT2D eigenvalue weighted by atomic mass is 35.5. The van der Waals surface area contributed by atoms with E-state index >= 15 is 0 Å². The lowest BCUT2D eigenvalue weighted by atomic mass is 10.1. The Morgan fingerprint density at radius 1 is 1.28 bits per heavy atom. The average Bonchev–Trinajstić information content (AvgIpc) is 3.26. The van der Waals surface area contributed by atoms with E-state index in [9.17, 15) is 4.39 Å². The molecule has 3 aromatic rings. The van der Waals surface area contributed by atoms with Gasteiger partial charge < -0.3 is 9.72 Å². The van der Waals surface area contributed by atoms with Crippen LogP contribution in [0.15, 0.2) is 42.6 Å². The van der Waals surface area contributed by atoms with Crippen LogP contribution in [0.25, 0.3) is 10.6 Å². The molecule has 4 nitrogen and oxygen atoms in total. The van der Waals surface area contributed by atoms with Crippen molar-refractivity contribution in [1.29, 1.82) is 0 Å². The minimum Gasteiger partial charge on any atom is -0.378 e. The van der Waals surface area contributed by atoms with Gasteiger partial charge >= 0.3 is 0 Å². The molecule has 130 valence electrons. The number of benzene rings is 1. The van der Waals surface area contributed by atoms with Gasteiger partial charge in [-0.3, -0.25) is 4.90 Å². The van der Waals surface area contributed by atoms with Crippen LogP contribution >= 0.6 is 22.9 Å². The van der Waals surface area contributed by atoms with Crippen LogP contribution in [0.4, 0.5) is 4.39 Å². The third kappa shape index (κ3) is 3.77. The van der Waals surface area contributed by atoms with Crippen molar-refractivity contribution < 1.29 is 9.13 Å². The van der Waals surface area contributed by atoms with E-state index in [4.69, 9.17) is 16.3 Å². The minimum atomic E-state index is -0.215. The Kier molecular flexibility index (Phi) is 4.85. The standard InChI is InChI=1S/C18H17ClFN3OS/c19-17-6-5-16(25-17)14-9-21-18(22-14)15-11-24-8-7-23(15)10-12-1-3-13(20)4-2-12/h1-6,9,15H,7-8,10-11H2,(H,21,22)/t15-/m0/s1. The van der Waals surface area contributed by atoms with Crippen molar-refractivity contribution >= 4 is 22.9 Å². The third-order valence-corrected chi connectivity index (χ3v) is 5.55. The van der Waals surface area contributed by atoms with Crippen molar-refractivity contribution in [2.24, 2.45) is 0 Å². The predicted molar refractivity (Wildman–Crippen MR) is 97.3 cm³/mol. The summed E-state index contributed by atoms with van der Waals surface area (Å²) in [6.07, 6.45) is 1.84. The molecule has 0 unspecified atom stereocenters. The molecule has 7 heteroatoms. The highest BCUT2D eigenvalue weighted by Crippen LogP contribution is 2.31. The summed E-state index contributed by atoms with van der Waals surface area (Å²) in [5, 5.41) is 0. The van der Waals surface area contributed by atoms with Gasteiger partial charge in [0.15, 0.2) is 0 Å². The number of ether oxygens (including phenoxy) is 1. The summed E-state index contributed by atoms with van der Waals surface area (Å²) in [5.74, 6) is 0.661. The molecule has 25 heavy (non-hydrogen) atoms. The molecule has 1 aromatic carbocycles. The number of aromatic amines is 1. The van der Waals surface area contributed by atoms with Crippen molar-refractivity contribution in [1.82, 2.24) is 14.9 Å².